The predicted octanol–water partition coefficient (Wildman–Crippen LogP) is 0.933. The number of methoxy groups -OCH3 is 1. The SMILES string of the molecule is COc1cnccc1C(=O)N(C)CC1CC(O)C1. The molecule has 0 radical (unpaired) electrons. The van der Waals surface area contributed by atoms with Gasteiger partial charge in [-0.05, 0) is 24.8 Å². The highest BCUT2D eigenvalue weighted by molar-refractivity contribution is 5.96. The first-order valence-electron chi connectivity index (χ1n) is 6.03. The lowest BCUT2D eigenvalue weighted by molar-refractivity contribution is 0.0264. The van der Waals surface area contributed by atoms with Gasteiger partial charge in [-0.2, -0.15) is 0 Å². The first-order valence-corrected chi connectivity index (χ1v) is 6.03. The van der Waals surface area contributed by atoms with Crippen LogP contribution in [-0.2, 0) is 0 Å². The Labute approximate surface area is 106 Å². The van der Waals surface area contributed by atoms with Gasteiger partial charge in [-0.15, -0.1) is 0 Å². The minimum Gasteiger partial charge on any atom is -0.494 e. The van der Waals surface area contributed by atoms with Crippen molar-refractivity contribution in [1.29, 1.82) is 0 Å². The maximum atomic E-state index is 12.2. The molecule has 0 unspecified atom stereocenters. The van der Waals surface area contributed by atoms with Crippen LogP contribution in [0.3, 0.4) is 0 Å². The van der Waals surface area contributed by atoms with Gasteiger partial charge in [-0.1, -0.05) is 0 Å². The van der Waals surface area contributed by atoms with E-state index in [1.54, 1.807) is 24.2 Å². The van der Waals surface area contributed by atoms with E-state index in [1.165, 1.54) is 13.3 Å². The number of carbonyl (C=O) groups excluding carboxylic acids is 1. The Morgan fingerprint density at radius 3 is 2.94 bits per heavy atom. The topological polar surface area (TPSA) is 62.7 Å². The van der Waals surface area contributed by atoms with E-state index < -0.39 is 0 Å². The maximum absolute atomic E-state index is 12.2. The Morgan fingerprint density at radius 2 is 2.33 bits per heavy atom. The van der Waals surface area contributed by atoms with E-state index in [2.05, 4.69) is 4.98 Å². The average Bonchev–Trinajstić information content (AvgIpc) is 2.35. The van der Waals surface area contributed by atoms with Crippen molar-refractivity contribution in [2.75, 3.05) is 20.7 Å². The molecule has 1 fully saturated rings. The van der Waals surface area contributed by atoms with E-state index in [-0.39, 0.29) is 12.0 Å². The molecule has 1 aliphatic rings. The van der Waals surface area contributed by atoms with Crippen LogP contribution in [0.15, 0.2) is 18.5 Å². The number of amides is 1. The van der Waals surface area contributed by atoms with Gasteiger partial charge in [0.25, 0.3) is 5.91 Å². The van der Waals surface area contributed by atoms with Crippen molar-refractivity contribution in [2.24, 2.45) is 5.92 Å². The zero-order valence-electron chi connectivity index (χ0n) is 10.7. The third kappa shape index (κ3) is 2.61. The summed E-state index contributed by atoms with van der Waals surface area (Å²) in [6.07, 6.45) is 4.50. The summed E-state index contributed by atoms with van der Waals surface area (Å²) in [5.74, 6) is 0.820. The lowest BCUT2D eigenvalue weighted by Crippen LogP contribution is -2.39. The Kier molecular flexibility index (Phi) is 3.81. The molecule has 5 heteroatoms. The summed E-state index contributed by atoms with van der Waals surface area (Å²) in [7, 11) is 3.29. The molecule has 2 rings (SSSR count). The minimum atomic E-state index is -0.186. The van der Waals surface area contributed by atoms with Gasteiger partial charge in [0, 0.05) is 19.8 Å². The van der Waals surface area contributed by atoms with E-state index in [0.29, 0.717) is 23.8 Å². The van der Waals surface area contributed by atoms with Gasteiger partial charge in [-0.3, -0.25) is 9.78 Å². The van der Waals surface area contributed by atoms with Crippen LogP contribution in [0.1, 0.15) is 23.2 Å². The second-order valence-electron chi connectivity index (χ2n) is 4.75. The number of carbonyl (C=O) groups is 1. The van der Waals surface area contributed by atoms with E-state index in [1.807, 2.05) is 0 Å². The standard InChI is InChI=1S/C13H18N2O3/c1-15(8-9-5-10(16)6-9)13(17)11-3-4-14-7-12(11)18-2/h3-4,7,9-10,16H,5-6,8H2,1-2H3. The number of hydrogen-bond acceptors (Lipinski definition) is 4. The first kappa shape index (κ1) is 12.8. The van der Waals surface area contributed by atoms with Crippen LogP contribution in [0, 0.1) is 5.92 Å². The zero-order chi connectivity index (χ0) is 13.1. The van der Waals surface area contributed by atoms with Gasteiger partial charge in [0.05, 0.1) is 25.0 Å². The summed E-state index contributed by atoms with van der Waals surface area (Å²) in [6.45, 7) is 0.668. The quantitative estimate of drug-likeness (QED) is 0.863. The van der Waals surface area contributed by atoms with Crippen LogP contribution in [0.4, 0.5) is 0 Å². The molecule has 1 N–H and O–H groups in total. The molecule has 0 aliphatic heterocycles. The van der Waals surface area contributed by atoms with Crippen LogP contribution < -0.4 is 4.74 Å². The first-order chi connectivity index (χ1) is 8.61. The second kappa shape index (κ2) is 5.35. The molecule has 1 amide bonds. The second-order valence-corrected chi connectivity index (χ2v) is 4.75. The van der Waals surface area contributed by atoms with Crippen LogP contribution in [0.2, 0.25) is 0 Å². The molecule has 1 saturated carbocycles. The molecule has 1 heterocycles. The van der Waals surface area contributed by atoms with Crippen LogP contribution in [0.5, 0.6) is 5.75 Å². The molecule has 0 bridgehead atoms. The Bertz CT molecular complexity index is 430. The van der Waals surface area contributed by atoms with Gasteiger partial charge in [0.2, 0.25) is 0 Å². The normalized spacial score (nSPS) is 22.2. The molecular weight excluding hydrogens is 232 g/mol. The summed E-state index contributed by atoms with van der Waals surface area (Å²) in [6, 6.07) is 1.66. The Morgan fingerprint density at radius 1 is 1.61 bits per heavy atom. The average molecular weight is 250 g/mol. The van der Waals surface area contributed by atoms with Crippen molar-refractivity contribution in [3.63, 3.8) is 0 Å². The smallest absolute Gasteiger partial charge is 0.257 e. The fourth-order valence-electron chi connectivity index (χ4n) is 2.24. The molecule has 1 aromatic rings. The van der Waals surface area contributed by atoms with Gasteiger partial charge >= 0.3 is 0 Å². The summed E-state index contributed by atoms with van der Waals surface area (Å²) in [5.41, 5.74) is 0.523. The van der Waals surface area contributed by atoms with Crippen LogP contribution in [-0.4, -0.2) is 47.7 Å². The van der Waals surface area contributed by atoms with Gasteiger partial charge in [0.15, 0.2) is 0 Å². The van der Waals surface area contributed by atoms with Crippen molar-refractivity contribution >= 4 is 5.91 Å². The molecule has 98 valence electrons. The summed E-state index contributed by atoms with van der Waals surface area (Å²) in [4.78, 5) is 17.8. The largest absolute Gasteiger partial charge is 0.494 e. The lowest BCUT2D eigenvalue weighted by Gasteiger charge is -2.34. The van der Waals surface area contributed by atoms with Crippen molar-refractivity contribution < 1.29 is 14.6 Å². The highest BCUT2D eigenvalue weighted by atomic mass is 16.5. The number of hydrogen-bond donors (Lipinski definition) is 1. The van der Waals surface area contributed by atoms with Gasteiger partial charge < -0.3 is 14.7 Å². The van der Waals surface area contributed by atoms with Crippen molar-refractivity contribution in [2.45, 2.75) is 18.9 Å². The lowest BCUT2D eigenvalue weighted by atomic mass is 9.82. The van der Waals surface area contributed by atoms with Crippen LogP contribution in [0.25, 0.3) is 0 Å². The molecule has 0 spiro atoms. The van der Waals surface area contributed by atoms with Gasteiger partial charge in [-0.25, -0.2) is 0 Å². The molecule has 18 heavy (non-hydrogen) atoms. The fraction of sp³-hybridized carbons (Fsp3) is 0.538. The van der Waals surface area contributed by atoms with Crippen molar-refractivity contribution in [3.05, 3.63) is 24.0 Å². The summed E-state index contributed by atoms with van der Waals surface area (Å²) < 4.78 is 5.13. The molecule has 1 aliphatic carbocycles. The molecule has 1 aromatic heterocycles. The fourth-order valence-corrected chi connectivity index (χ4v) is 2.24. The molecule has 0 saturated heterocycles. The third-order valence-electron chi connectivity index (χ3n) is 3.32. The van der Waals surface area contributed by atoms with Crippen molar-refractivity contribution in [1.82, 2.24) is 9.88 Å². The molecule has 0 aromatic carbocycles. The number of ether oxygens (including phenoxy) is 1. The number of pyridine rings is 1. The van der Waals surface area contributed by atoms with E-state index >= 15 is 0 Å². The van der Waals surface area contributed by atoms with Crippen LogP contribution >= 0.6 is 0 Å². The molecule has 0 atom stereocenters. The monoisotopic (exact) mass is 250 g/mol. The minimum absolute atomic E-state index is 0.0735. The molecule has 5 nitrogen and oxygen atoms in total. The Balaban J connectivity index is 2.01. The number of nitrogens with zero attached hydrogens (tertiary/aromatic N) is 2. The number of aliphatic hydroxyl groups is 1. The molecular formula is C13H18N2O3. The highest BCUT2D eigenvalue weighted by Gasteiger charge is 2.29. The number of aromatic nitrogens is 1. The van der Waals surface area contributed by atoms with Crippen molar-refractivity contribution in [3.8, 4) is 5.75 Å². The van der Waals surface area contributed by atoms with Gasteiger partial charge in [0.1, 0.15) is 5.75 Å². The van der Waals surface area contributed by atoms with E-state index in [0.717, 1.165) is 12.8 Å². The van der Waals surface area contributed by atoms with E-state index in [9.17, 15) is 9.90 Å². The Hall–Kier alpha value is -1.62. The zero-order valence-corrected chi connectivity index (χ0v) is 10.7. The summed E-state index contributed by atoms with van der Waals surface area (Å²) in [5, 5.41) is 9.24. The summed E-state index contributed by atoms with van der Waals surface area (Å²) >= 11 is 0. The number of aliphatic hydroxyl groups excluding tert-OH is 1. The third-order valence-corrected chi connectivity index (χ3v) is 3.32. The van der Waals surface area contributed by atoms with E-state index in [4.69, 9.17) is 4.74 Å². The maximum Gasteiger partial charge on any atom is 0.257 e. The predicted molar refractivity (Wildman–Crippen MR) is 66.5 cm³/mol. The number of rotatable bonds is 4. The highest BCUT2D eigenvalue weighted by Crippen LogP contribution is 2.28.